The molecule has 0 saturated carbocycles. The molecule has 0 spiro atoms. The van der Waals surface area contributed by atoms with Crippen LogP contribution >= 0.6 is 11.6 Å². The maximum Gasteiger partial charge on any atom is 0.144 e. The average molecular weight is 281 g/mol. The summed E-state index contributed by atoms with van der Waals surface area (Å²) < 4.78 is 18.6. The molecule has 0 heterocycles. The van der Waals surface area contributed by atoms with Crippen molar-refractivity contribution < 1.29 is 9.13 Å². The van der Waals surface area contributed by atoms with Crippen molar-refractivity contribution in [2.24, 2.45) is 0 Å². The fourth-order valence-corrected chi connectivity index (χ4v) is 1.95. The molecule has 5 heteroatoms. The second-order valence-corrected chi connectivity index (χ2v) is 4.57. The zero-order valence-corrected chi connectivity index (χ0v) is 11.4. The standard InChI is InChI=1S/C14H14ClFN2O/c1-8-5-9(3-4-14(8)19-2)18-13-7-11(16)10(15)6-12(13)17/h3-7,18H,17H2,1-2H3. The van der Waals surface area contributed by atoms with Crippen molar-refractivity contribution in [1.29, 1.82) is 0 Å². The van der Waals surface area contributed by atoms with Crippen LogP contribution in [0.3, 0.4) is 0 Å². The van der Waals surface area contributed by atoms with Crippen molar-refractivity contribution in [2.45, 2.75) is 6.92 Å². The first-order chi connectivity index (χ1) is 9.01. The van der Waals surface area contributed by atoms with Crippen LogP contribution in [0.2, 0.25) is 5.02 Å². The summed E-state index contributed by atoms with van der Waals surface area (Å²) in [6.45, 7) is 1.93. The molecule has 0 bridgehead atoms. The molecule has 3 N–H and O–H groups in total. The molecule has 2 rings (SSSR count). The molecule has 0 fully saturated rings. The maximum absolute atomic E-state index is 13.4. The minimum Gasteiger partial charge on any atom is -0.496 e. The predicted molar refractivity (Wildman–Crippen MR) is 76.8 cm³/mol. The number of nitrogens with one attached hydrogen (secondary N) is 1. The molecule has 100 valence electrons. The van der Waals surface area contributed by atoms with E-state index >= 15 is 0 Å². The number of benzene rings is 2. The van der Waals surface area contributed by atoms with Gasteiger partial charge in [-0.1, -0.05) is 11.6 Å². The molecule has 3 nitrogen and oxygen atoms in total. The highest BCUT2D eigenvalue weighted by Crippen LogP contribution is 2.30. The molecular formula is C14H14ClFN2O. The first kappa shape index (κ1) is 13.5. The maximum atomic E-state index is 13.4. The Morgan fingerprint density at radius 3 is 2.63 bits per heavy atom. The largest absolute Gasteiger partial charge is 0.496 e. The van der Waals surface area contributed by atoms with Gasteiger partial charge in [0.2, 0.25) is 0 Å². The Balaban J connectivity index is 2.31. The Morgan fingerprint density at radius 1 is 1.26 bits per heavy atom. The van der Waals surface area contributed by atoms with Crippen LogP contribution in [0.15, 0.2) is 30.3 Å². The monoisotopic (exact) mass is 280 g/mol. The zero-order chi connectivity index (χ0) is 14.0. The van der Waals surface area contributed by atoms with Gasteiger partial charge in [0, 0.05) is 11.8 Å². The average Bonchev–Trinajstić information content (AvgIpc) is 2.36. The van der Waals surface area contributed by atoms with Gasteiger partial charge in [0.15, 0.2) is 0 Å². The Labute approximate surface area is 116 Å². The van der Waals surface area contributed by atoms with Gasteiger partial charge in [0.25, 0.3) is 0 Å². The summed E-state index contributed by atoms with van der Waals surface area (Å²) in [6.07, 6.45) is 0. The fourth-order valence-electron chi connectivity index (χ4n) is 1.78. The molecule has 0 atom stereocenters. The van der Waals surface area contributed by atoms with E-state index in [1.165, 1.54) is 12.1 Å². The molecule has 0 saturated heterocycles. The lowest BCUT2D eigenvalue weighted by Crippen LogP contribution is -1.98. The highest BCUT2D eigenvalue weighted by molar-refractivity contribution is 6.31. The summed E-state index contributed by atoms with van der Waals surface area (Å²) in [6, 6.07) is 8.22. The molecule has 2 aromatic rings. The molecular weight excluding hydrogens is 267 g/mol. The molecule has 0 unspecified atom stereocenters. The topological polar surface area (TPSA) is 47.3 Å². The lowest BCUT2D eigenvalue weighted by Gasteiger charge is -2.12. The van der Waals surface area contributed by atoms with Gasteiger partial charge >= 0.3 is 0 Å². The van der Waals surface area contributed by atoms with E-state index in [1.54, 1.807) is 7.11 Å². The van der Waals surface area contributed by atoms with E-state index in [9.17, 15) is 4.39 Å². The Kier molecular flexibility index (Phi) is 3.81. The van der Waals surface area contributed by atoms with E-state index in [2.05, 4.69) is 5.32 Å². The number of hydrogen-bond acceptors (Lipinski definition) is 3. The Bertz CT molecular complexity index is 617. The van der Waals surface area contributed by atoms with Gasteiger partial charge in [-0.3, -0.25) is 0 Å². The summed E-state index contributed by atoms with van der Waals surface area (Å²) in [5.41, 5.74) is 8.43. The molecule has 0 aliphatic carbocycles. The van der Waals surface area contributed by atoms with Crippen LogP contribution < -0.4 is 15.8 Å². The summed E-state index contributed by atoms with van der Waals surface area (Å²) in [7, 11) is 1.61. The second-order valence-electron chi connectivity index (χ2n) is 4.16. The van der Waals surface area contributed by atoms with Crippen LogP contribution in [-0.2, 0) is 0 Å². The van der Waals surface area contributed by atoms with Gasteiger partial charge in [-0.2, -0.15) is 0 Å². The van der Waals surface area contributed by atoms with Crippen LogP contribution in [-0.4, -0.2) is 7.11 Å². The third kappa shape index (κ3) is 2.90. The van der Waals surface area contributed by atoms with E-state index in [0.717, 1.165) is 17.0 Å². The number of nitrogens with two attached hydrogens (primary N) is 1. The lowest BCUT2D eigenvalue weighted by atomic mass is 10.2. The first-order valence-corrected chi connectivity index (χ1v) is 6.05. The number of nitrogen functional groups attached to an aromatic ring is 1. The number of rotatable bonds is 3. The fraction of sp³-hybridized carbons (Fsp3) is 0.143. The van der Waals surface area contributed by atoms with Crippen molar-refractivity contribution in [2.75, 3.05) is 18.2 Å². The minimum absolute atomic E-state index is 0.00830. The van der Waals surface area contributed by atoms with Gasteiger partial charge in [0.1, 0.15) is 11.6 Å². The minimum atomic E-state index is -0.511. The third-order valence-corrected chi connectivity index (χ3v) is 3.06. The number of methoxy groups -OCH3 is 1. The van der Waals surface area contributed by atoms with Crippen LogP contribution in [0.4, 0.5) is 21.5 Å². The lowest BCUT2D eigenvalue weighted by molar-refractivity contribution is 0.412. The van der Waals surface area contributed by atoms with Gasteiger partial charge in [-0.15, -0.1) is 0 Å². The van der Waals surface area contributed by atoms with Crippen LogP contribution in [0.1, 0.15) is 5.56 Å². The molecule has 0 radical (unpaired) electrons. The summed E-state index contributed by atoms with van der Waals surface area (Å²) >= 11 is 5.65. The normalized spacial score (nSPS) is 10.3. The van der Waals surface area contributed by atoms with Crippen LogP contribution in [0.25, 0.3) is 0 Å². The molecule has 0 aliphatic rings. The second kappa shape index (κ2) is 5.36. The smallest absolute Gasteiger partial charge is 0.144 e. The van der Waals surface area contributed by atoms with E-state index in [0.29, 0.717) is 11.4 Å². The highest BCUT2D eigenvalue weighted by Gasteiger charge is 2.07. The number of aryl methyl sites for hydroxylation is 1. The quantitative estimate of drug-likeness (QED) is 0.831. The van der Waals surface area contributed by atoms with Gasteiger partial charge in [0.05, 0.1) is 23.5 Å². The SMILES string of the molecule is COc1ccc(Nc2cc(F)c(Cl)cc2N)cc1C. The molecule has 0 aliphatic heterocycles. The molecule has 2 aromatic carbocycles. The van der Waals surface area contributed by atoms with E-state index in [1.807, 2.05) is 25.1 Å². The van der Waals surface area contributed by atoms with Gasteiger partial charge in [-0.05, 0) is 36.8 Å². The van der Waals surface area contributed by atoms with Crippen molar-refractivity contribution in [3.05, 3.63) is 46.7 Å². The highest BCUT2D eigenvalue weighted by atomic mass is 35.5. The van der Waals surface area contributed by atoms with Crippen molar-refractivity contribution in [3.8, 4) is 5.75 Å². The number of anilines is 3. The number of ether oxygens (including phenoxy) is 1. The van der Waals surface area contributed by atoms with E-state index < -0.39 is 5.82 Å². The first-order valence-electron chi connectivity index (χ1n) is 5.67. The number of halogens is 2. The van der Waals surface area contributed by atoms with Crippen molar-refractivity contribution >= 4 is 28.7 Å². The predicted octanol–water partition coefficient (Wildman–Crippen LogP) is 4.12. The summed E-state index contributed by atoms with van der Waals surface area (Å²) in [5, 5.41) is 3.06. The van der Waals surface area contributed by atoms with Gasteiger partial charge in [-0.25, -0.2) is 4.39 Å². The summed E-state index contributed by atoms with van der Waals surface area (Å²) in [5.74, 6) is 0.282. The third-order valence-electron chi connectivity index (χ3n) is 2.77. The molecule has 0 aromatic heterocycles. The molecule has 0 amide bonds. The number of hydrogen-bond donors (Lipinski definition) is 2. The Hall–Kier alpha value is -1.94. The van der Waals surface area contributed by atoms with Crippen LogP contribution in [0, 0.1) is 12.7 Å². The summed E-state index contributed by atoms with van der Waals surface area (Å²) in [4.78, 5) is 0. The van der Waals surface area contributed by atoms with E-state index in [4.69, 9.17) is 22.1 Å². The van der Waals surface area contributed by atoms with E-state index in [-0.39, 0.29) is 5.02 Å². The van der Waals surface area contributed by atoms with Crippen molar-refractivity contribution in [3.63, 3.8) is 0 Å². The zero-order valence-electron chi connectivity index (χ0n) is 10.6. The Morgan fingerprint density at radius 2 is 2.00 bits per heavy atom. The van der Waals surface area contributed by atoms with Gasteiger partial charge < -0.3 is 15.8 Å². The van der Waals surface area contributed by atoms with Crippen LogP contribution in [0.5, 0.6) is 5.75 Å². The van der Waals surface area contributed by atoms with Crippen molar-refractivity contribution in [1.82, 2.24) is 0 Å². The molecule has 19 heavy (non-hydrogen) atoms.